The molecule has 2 saturated heterocycles. The van der Waals surface area contributed by atoms with E-state index < -0.39 is 11.9 Å². The fourth-order valence-corrected chi connectivity index (χ4v) is 3.82. The number of rotatable bonds is 7. The van der Waals surface area contributed by atoms with Crippen molar-refractivity contribution in [2.45, 2.75) is 52.2 Å². The third-order valence-electron chi connectivity index (χ3n) is 5.68. The van der Waals surface area contributed by atoms with Gasteiger partial charge in [0, 0.05) is 38.1 Å². The van der Waals surface area contributed by atoms with Crippen LogP contribution in [0.15, 0.2) is 18.2 Å². The third kappa shape index (κ3) is 6.18. The third-order valence-corrected chi connectivity index (χ3v) is 5.68. The van der Waals surface area contributed by atoms with Crippen molar-refractivity contribution in [1.29, 1.82) is 0 Å². The Bertz CT molecular complexity index is 862. The number of carbonyl (C=O) groups excluding carboxylic acids is 3. The van der Waals surface area contributed by atoms with Gasteiger partial charge >= 0.3 is 6.09 Å². The maximum atomic E-state index is 14.9. The summed E-state index contributed by atoms with van der Waals surface area (Å²) in [5, 5.41) is 3.20. The molecule has 2 aliphatic rings. The van der Waals surface area contributed by atoms with Crippen LogP contribution in [-0.2, 0) is 14.3 Å². The molecule has 2 heterocycles. The van der Waals surface area contributed by atoms with E-state index in [1.54, 1.807) is 17.0 Å². The number of halogens is 1. The number of nitrogens with one attached hydrogen (secondary N) is 1. The second-order valence-electron chi connectivity index (χ2n) is 9.46. The fraction of sp³-hybridized carbons (Fsp3) is 0.609. The summed E-state index contributed by atoms with van der Waals surface area (Å²) in [4.78, 5) is 40.8. The lowest BCUT2D eigenvalue weighted by Gasteiger charge is -2.37. The maximum absolute atomic E-state index is 14.9. The van der Waals surface area contributed by atoms with Crippen LogP contribution < -0.4 is 15.1 Å². The van der Waals surface area contributed by atoms with E-state index in [9.17, 15) is 18.8 Å². The van der Waals surface area contributed by atoms with E-state index in [0.717, 1.165) is 0 Å². The minimum absolute atomic E-state index is 0.0437. The van der Waals surface area contributed by atoms with Gasteiger partial charge in [0.1, 0.15) is 17.7 Å². The van der Waals surface area contributed by atoms with E-state index in [2.05, 4.69) is 5.32 Å². The standard InChI is InChI=1S/C23H33FN4O4/c1-16(29)5-7-18-15-28(22(31)32-18)17-6-8-20(19(24)13-17)26-9-11-27(12-10-26)21(30)14-25-23(2,3)4/h6,8,13,18,25H,5,7,9-12,14-15H2,1-4H3/t18-/m0/s1. The van der Waals surface area contributed by atoms with Crippen molar-refractivity contribution in [1.82, 2.24) is 10.2 Å². The Balaban J connectivity index is 1.56. The van der Waals surface area contributed by atoms with E-state index in [1.807, 2.05) is 25.7 Å². The van der Waals surface area contributed by atoms with Crippen LogP contribution in [0.3, 0.4) is 0 Å². The zero-order chi connectivity index (χ0) is 23.5. The van der Waals surface area contributed by atoms with Crippen molar-refractivity contribution in [3.63, 3.8) is 0 Å². The quantitative estimate of drug-likeness (QED) is 0.691. The summed E-state index contributed by atoms with van der Waals surface area (Å²) < 4.78 is 20.2. The largest absolute Gasteiger partial charge is 0.444 e. The molecule has 0 aromatic heterocycles. The number of anilines is 2. The van der Waals surface area contributed by atoms with Gasteiger partial charge in [-0.2, -0.15) is 0 Å². The summed E-state index contributed by atoms with van der Waals surface area (Å²) in [5.41, 5.74) is 0.760. The lowest BCUT2D eigenvalue weighted by atomic mass is 10.1. The molecule has 3 rings (SSSR count). The number of nitrogens with zero attached hydrogens (tertiary/aromatic N) is 3. The monoisotopic (exact) mass is 448 g/mol. The number of benzene rings is 1. The van der Waals surface area contributed by atoms with Crippen LogP contribution in [0, 0.1) is 5.82 Å². The molecule has 2 aliphatic heterocycles. The van der Waals surface area contributed by atoms with Crippen molar-refractivity contribution in [2.75, 3.05) is 49.1 Å². The SMILES string of the molecule is CC(=O)CC[C@H]1CN(c2ccc(N3CCN(C(=O)CNC(C)(C)C)CC3)c(F)c2)C(=O)O1. The first-order valence-electron chi connectivity index (χ1n) is 11.1. The Hall–Kier alpha value is -2.68. The second-order valence-corrected chi connectivity index (χ2v) is 9.46. The smallest absolute Gasteiger partial charge is 0.414 e. The molecule has 0 radical (unpaired) electrons. The van der Waals surface area contributed by atoms with Gasteiger partial charge in [0.2, 0.25) is 5.91 Å². The van der Waals surface area contributed by atoms with Gasteiger partial charge in [-0.15, -0.1) is 0 Å². The van der Waals surface area contributed by atoms with Gasteiger partial charge in [-0.1, -0.05) is 0 Å². The molecule has 0 spiro atoms. The first-order valence-corrected chi connectivity index (χ1v) is 11.1. The van der Waals surface area contributed by atoms with E-state index in [0.29, 0.717) is 56.9 Å². The second kappa shape index (κ2) is 9.85. The summed E-state index contributed by atoms with van der Waals surface area (Å²) in [5.74, 6) is -0.332. The topological polar surface area (TPSA) is 82.2 Å². The lowest BCUT2D eigenvalue weighted by Crippen LogP contribution is -2.52. The number of Topliss-reactive ketones (excluding diaryl/α,β-unsaturated/α-hetero) is 1. The molecule has 8 nitrogen and oxygen atoms in total. The van der Waals surface area contributed by atoms with Crippen molar-refractivity contribution < 1.29 is 23.5 Å². The van der Waals surface area contributed by atoms with Gasteiger partial charge < -0.3 is 24.6 Å². The highest BCUT2D eigenvalue weighted by molar-refractivity contribution is 5.90. The Kier molecular flexibility index (Phi) is 7.38. The Morgan fingerprint density at radius 3 is 2.47 bits per heavy atom. The Labute approximate surface area is 188 Å². The van der Waals surface area contributed by atoms with Gasteiger partial charge in [0.25, 0.3) is 0 Å². The summed E-state index contributed by atoms with van der Waals surface area (Å²) in [6.45, 7) is 10.3. The summed E-state index contributed by atoms with van der Waals surface area (Å²) in [7, 11) is 0. The molecular formula is C23H33FN4O4. The molecule has 1 aromatic rings. The first-order chi connectivity index (χ1) is 15.0. The van der Waals surface area contributed by atoms with Crippen molar-refractivity contribution in [3.8, 4) is 0 Å². The highest BCUT2D eigenvalue weighted by Crippen LogP contribution is 2.29. The average Bonchev–Trinajstić information content (AvgIpc) is 3.10. The van der Waals surface area contributed by atoms with E-state index in [4.69, 9.17) is 4.74 Å². The van der Waals surface area contributed by atoms with Gasteiger partial charge in [0.15, 0.2) is 0 Å². The Morgan fingerprint density at radius 2 is 1.88 bits per heavy atom. The molecule has 176 valence electrons. The van der Waals surface area contributed by atoms with Gasteiger partial charge in [-0.25, -0.2) is 9.18 Å². The zero-order valence-electron chi connectivity index (χ0n) is 19.3. The minimum atomic E-state index is -0.526. The molecule has 0 saturated carbocycles. The number of ketones is 1. The van der Waals surface area contributed by atoms with Crippen LogP contribution >= 0.6 is 0 Å². The van der Waals surface area contributed by atoms with Gasteiger partial charge in [-0.3, -0.25) is 9.69 Å². The van der Waals surface area contributed by atoms with E-state index in [-0.39, 0.29) is 29.9 Å². The molecule has 9 heteroatoms. The summed E-state index contributed by atoms with van der Waals surface area (Å²) in [6.07, 6.45) is -0.0825. The van der Waals surface area contributed by atoms with Crippen LogP contribution in [0.4, 0.5) is 20.6 Å². The predicted octanol–water partition coefficient (Wildman–Crippen LogP) is 2.56. The highest BCUT2D eigenvalue weighted by atomic mass is 19.1. The Morgan fingerprint density at radius 1 is 1.19 bits per heavy atom. The van der Waals surface area contributed by atoms with Crippen LogP contribution in [0.25, 0.3) is 0 Å². The van der Waals surface area contributed by atoms with Crippen LogP contribution in [-0.4, -0.2) is 73.6 Å². The fourth-order valence-electron chi connectivity index (χ4n) is 3.82. The number of hydrogen-bond donors (Lipinski definition) is 1. The van der Waals surface area contributed by atoms with Crippen LogP contribution in [0.2, 0.25) is 0 Å². The number of hydrogen-bond acceptors (Lipinski definition) is 6. The molecule has 1 atom stereocenters. The first kappa shape index (κ1) is 24.0. The summed E-state index contributed by atoms with van der Waals surface area (Å²) in [6, 6.07) is 4.71. The number of piperazine rings is 1. The highest BCUT2D eigenvalue weighted by Gasteiger charge is 2.33. The molecule has 1 aromatic carbocycles. The number of cyclic esters (lactones) is 1. The molecule has 0 unspecified atom stereocenters. The molecular weight excluding hydrogens is 415 g/mol. The average molecular weight is 449 g/mol. The van der Waals surface area contributed by atoms with Gasteiger partial charge in [-0.05, 0) is 52.3 Å². The maximum Gasteiger partial charge on any atom is 0.414 e. The molecule has 2 amide bonds. The van der Waals surface area contributed by atoms with Crippen molar-refractivity contribution in [2.24, 2.45) is 0 Å². The molecule has 32 heavy (non-hydrogen) atoms. The van der Waals surface area contributed by atoms with E-state index in [1.165, 1.54) is 17.9 Å². The molecule has 2 fully saturated rings. The normalized spacial score (nSPS) is 19.3. The number of ether oxygens (including phenoxy) is 1. The predicted molar refractivity (Wildman–Crippen MR) is 120 cm³/mol. The van der Waals surface area contributed by atoms with E-state index >= 15 is 0 Å². The molecule has 0 bridgehead atoms. The van der Waals surface area contributed by atoms with Crippen molar-refractivity contribution in [3.05, 3.63) is 24.0 Å². The summed E-state index contributed by atoms with van der Waals surface area (Å²) >= 11 is 0. The molecule has 1 N–H and O–H groups in total. The van der Waals surface area contributed by atoms with Crippen LogP contribution in [0.1, 0.15) is 40.5 Å². The number of amides is 2. The van der Waals surface area contributed by atoms with Crippen LogP contribution in [0.5, 0.6) is 0 Å². The minimum Gasteiger partial charge on any atom is -0.444 e. The van der Waals surface area contributed by atoms with Gasteiger partial charge in [0.05, 0.1) is 24.5 Å². The lowest BCUT2D eigenvalue weighted by molar-refractivity contribution is -0.130. The van der Waals surface area contributed by atoms with Crippen molar-refractivity contribution >= 4 is 29.2 Å². The zero-order valence-corrected chi connectivity index (χ0v) is 19.3. The number of carbonyl (C=O) groups is 3. The molecule has 0 aliphatic carbocycles.